The highest BCUT2D eigenvalue weighted by Gasteiger charge is 2.11. The van der Waals surface area contributed by atoms with Gasteiger partial charge in [0.25, 0.3) is 5.69 Å². The highest BCUT2D eigenvalue weighted by Crippen LogP contribution is 2.18. The first kappa shape index (κ1) is 22.8. The number of allylic oxidation sites excluding steroid dienone is 2. The number of nitro groups is 1. The van der Waals surface area contributed by atoms with E-state index in [1.165, 1.54) is 55.7 Å². The second kappa shape index (κ2) is 10.8. The van der Waals surface area contributed by atoms with Crippen molar-refractivity contribution in [2.75, 3.05) is 7.11 Å². The number of rotatable bonds is 10. The third-order valence-corrected chi connectivity index (χ3v) is 3.21. The first-order valence-corrected chi connectivity index (χ1v) is 7.98. The second-order valence-electron chi connectivity index (χ2n) is 5.38. The lowest BCUT2D eigenvalue weighted by Gasteiger charge is -2.05. The van der Waals surface area contributed by atoms with E-state index < -0.39 is 16.9 Å². The van der Waals surface area contributed by atoms with E-state index >= 15 is 0 Å². The Kier molecular flexibility index (Phi) is 8.53. The van der Waals surface area contributed by atoms with Crippen LogP contribution < -0.4 is 4.74 Å². The molecule has 0 aliphatic heterocycles. The molecule has 0 fully saturated rings. The van der Waals surface area contributed by atoms with Crippen LogP contribution in [0.15, 0.2) is 97.5 Å². The Morgan fingerprint density at radius 3 is 1.93 bits per heavy atom. The first-order valence-electron chi connectivity index (χ1n) is 7.98. The van der Waals surface area contributed by atoms with Crippen LogP contribution in [0.3, 0.4) is 0 Å². The van der Waals surface area contributed by atoms with Crippen molar-refractivity contribution in [1.82, 2.24) is 0 Å². The van der Waals surface area contributed by atoms with Crippen molar-refractivity contribution >= 4 is 17.6 Å². The summed E-state index contributed by atoms with van der Waals surface area (Å²) in [5, 5.41) is 10.6. The lowest BCUT2D eigenvalue weighted by Crippen LogP contribution is -2.09. The summed E-state index contributed by atoms with van der Waals surface area (Å²) in [6.45, 7) is 14.2. The third-order valence-electron chi connectivity index (χ3n) is 3.21. The molecule has 0 heterocycles. The molecule has 0 aliphatic carbocycles. The van der Waals surface area contributed by atoms with Gasteiger partial charge in [0.15, 0.2) is 0 Å². The Balaban J connectivity index is 2.58. The summed E-state index contributed by atoms with van der Waals surface area (Å²) in [7, 11) is 1.43. The number of methoxy groups -OCH3 is 1. The minimum absolute atomic E-state index is 0.0363. The number of ether oxygens (including phenoxy) is 3. The fourth-order valence-corrected chi connectivity index (χ4v) is 1.62. The number of nitro benzene ring substituents is 1. The van der Waals surface area contributed by atoms with Gasteiger partial charge in [0.05, 0.1) is 23.2 Å². The van der Waals surface area contributed by atoms with E-state index in [9.17, 15) is 19.7 Å². The van der Waals surface area contributed by atoms with Crippen LogP contribution in [0, 0.1) is 10.1 Å². The monoisotopic (exact) mass is 397 g/mol. The van der Waals surface area contributed by atoms with Crippen LogP contribution in [0.4, 0.5) is 5.69 Å². The zero-order valence-electron chi connectivity index (χ0n) is 15.8. The molecular weight excluding hydrogens is 378 g/mol. The van der Waals surface area contributed by atoms with Gasteiger partial charge in [-0.15, -0.1) is 0 Å². The molecule has 0 saturated carbocycles. The number of carbonyl (C=O) groups excluding carboxylic acids is 2. The Hall–Kier alpha value is -4.20. The van der Waals surface area contributed by atoms with Crippen molar-refractivity contribution in [3.63, 3.8) is 0 Å². The molecular formula is C21H19NO7. The van der Waals surface area contributed by atoms with E-state index in [4.69, 9.17) is 14.2 Å². The van der Waals surface area contributed by atoms with E-state index in [-0.39, 0.29) is 28.3 Å². The largest absolute Gasteiger partial charge is 0.497 e. The Morgan fingerprint density at radius 1 is 0.897 bits per heavy atom. The zero-order chi connectivity index (χ0) is 22.0. The van der Waals surface area contributed by atoms with Crippen LogP contribution >= 0.6 is 0 Å². The average Bonchev–Trinajstić information content (AvgIpc) is 2.69. The minimum Gasteiger partial charge on any atom is -0.497 e. The molecule has 1 aromatic rings. The quantitative estimate of drug-likeness (QED) is 0.112. The van der Waals surface area contributed by atoms with Gasteiger partial charge in [-0.05, 0) is 36.4 Å². The van der Waals surface area contributed by atoms with Crippen LogP contribution in [-0.2, 0) is 19.1 Å². The smallest absolute Gasteiger partial charge is 0.342 e. The Bertz CT molecular complexity index is 921. The summed E-state index contributed by atoms with van der Waals surface area (Å²) in [6, 6.07) is 4.97. The summed E-state index contributed by atoms with van der Waals surface area (Å²) in [6.07, 6.45) is 5.31. The van der Waals surface area contributed by atoms with E-state index in [0.29, 0.717) is 5.76 Å². The number of hydrogen-bond donors (Lipinski definition) is 0. The molecule has 0 amide bonds. The predicted octanol–water partition coefficient (Wildman–Crippen LogP) is 3.94. The van der Waals surface area contributed by atoms with Gasteiger partial charge in [-0.1, -0.05) is 26.3 Å². The summed E-state index contributed by atoms with van der Waals surface area (Å²) in [5.41, 5.74) is -0.158. The first-order chi connectivity index (χ1) is 13.6. The highest BCUT2D eigenvalue weighted by molar-refractivity contribution is 5.93. The highest BCUT2D eigenvalue weighted by atomic mass is 16.6. The molecule has 0 radical (unpaired) electrons. The maximum atomic E-state index is 12.0. The standard InChI is InChI=1S/C21H19NO7/c1-14(6-8-16(3)27-5)20(23)28-17(4)9-7-15(2)21(24)29-19-12-10-18(11-13-19)22(25)26/h6-13H,1-4H2,5H3/b8-6-,9-7-. The molecule has 8 nitrogen and oxygen atoms in total. The molecule has 1 aromatic carbocycles. The van der Waals surface area contributed by atoms with Gasteiger partial charge >= 0.3 is 11.9 Å². The molecule has 0 aliphatic rings. The van der Waals surface area contributed by atoms with Crippen molar-refractivity contribution in [1.29, 1.82) is 0 Å². The lowest BCUT2D eigenvalue weighted by molar-refractivity contribution is -0.384. The molecule has 0 unspecified atom stereocenters. The van der Waals surface area contributed by atoms with Gasteiger partial charge < -0.3 is 14.2 Å². The molecule has 0 spiro atoms. The fraction of sp³-hybridized carbons (Fsp3) is 0.0476. The van der Waals surface area contributed by atoms with Gasteiger partial charge in [-0.25, -0.2) is 9.59 Å². The van der Waals surface area contributed by atoms with Gasteiger partial charge in [0.1, 0.15) is 17.3 Å². The zero-order valence-corrected chi connectivity index (χ0v) is 15.8. The number of non-ortho nitro benzene ring substituents is 1. The Morgan fingerprint density at radius 2 is 1.41 bits per heavy atom. The molecule has 29 heavy (non-hydrogen) atoms. The minimum atomic E-state index is -0.792. The molecule has 0 aromatic heterocycles. The second-order valence-corrected chi connectivity index (χ2v) is 5.38. The number of carbonyl (C=O) groups is 2. The van der Waals surface area contributed by atoms with Crippen molar-refractivity contribution in [2.24, 2.45) is 0 Å². The van der Waals surface area contributed by atoms with Crippen LogP contribution in [0.5, 0.6) is 5.75 Å². The van der Waals surface area contributed by atoms with Crippen LogP contribution in [0.1, 0.15) is 0 Å². The summed E-state index contributed by atoms with van der Waals surface area (Å²) in [5.74, 6) is -1.15. The molecule has 0 atom stereocenters. The summed E-state index contributed by atoms with van der Waals surface area (Å²) in [4.78, 5) is 33.8. The number of benzene rings is 1. The van der Waals surface area contributed by atoms with Crippen molar-refractivity contribution in [2.45, 2.75) is 0 Å². The Labute approximate surface area is 167 Å². The van der Waals surface area contributed by atoms with Crippen molar-refractivity contribution in [3.05, 3.63) is 108 Å². The van der Waals surface area contributed by atoms with Gasteiger partial charge in [-0.3, -0.25) is 10.1 Å². The third kappa shape index (κ3) is 7.92. The average molecular weight is 397 g/mol. The SMILES string of the molecule is C=C(/C=C\C(=C)C(=O)OC(=C)/C=C\C(=C)C(=O)Oc1ccc([N+](=O)[O-])cc1)OC. The van der Waals surface area contributed by atoms with E-state index in [0.717, 1.165) is 0 Å². The van der Waals surface area contributed by atoms with Crippen LogP contribution in [0.2, 0.25) is 0 Å². The summed E-state index contributed by atoms with van der Waals surface area (Å²) < 4.78 is 14.8. The van der Waals surface area contributed by atoms with E-state index in [1.807, 2.05) is 0 Å². The maximum Gasteiger partial charge on any atom is 0.342 e. The fourth-order valence-electron chi connectivity index (χ4n) is 1.62. The number of nitrogens with zero attached hydrogens (tertiary/aromatic N) is 1. The molecule has 1 rings (SSSR count). The van der Waals surface area contributed by atoms with Gasteiger partial charge in [-0.2, -0.15) is 0 Å². The molecule has 0 N–H and O–H groups in total. The number of esters is 2. The topological polar surface area (TPSA) is 105 Å². The van der Waals surface area contributed by atoms with Gasteiger partial charge in [0, 0.05) is 12.1 Å². The molecule has 0 saturated heterocycles. The predicted molar refractivity (Wildman–Crippen MR) is 107 cm³/mol. The molecule has 150 valence electrons. The van der Waals surface area contributed by atoms with Crippen LogP contribution in [0.25, 0.3) is 0 Å². The lowest BCUT2D eigenvalue weighted by atomic mass is 10.2. The van der Waals surface area contributed by atoms with Crippen molar-refractivity contribution < 1.29 is 28.7 Å². The normalized spacial score (nSPS) is 10.4. The molecule has 0 bridgehead atoms. The summed E-state index contributed by atoms with van der Waals surface area (Å²) >= 11 is 0. The van der Waals surface area contributed by atoms with E-state index in [2.05, 4.69) is 26.3 Å². The molecule has 8 heteroatoms. The maximum absolute atomic E-state index is 12.0. The van der Waals surface area contributed by atoms with E-state index in [1.54, 1.807) is 0 Å². The van der Waals surface area contributed by atoms with Crippen LogP contribution in [-0.4, -0.2) is 24.0 Å². The van der Waals surface area contributed by atoms with Crippen molar-refractivity contribution in [3.8, 4) is 5.75 Å². The number of hydrogen-bond acceptors (Lipinski definition) is 7. The van der Waals surface area contributed by atoms with Gasteiger partial charge in [0.2, 0.25) is 0 Å².